The number of thiocarbonyl (C=S) groups is 1. The number of carbonyl (C=O) groups excluding carboxylic acids is 2. The number of thiazole rings is 1. The number of benzene rings is 2. The van der Waals surface area contributed by atoms with E-state index >= 15 is 0 Å². The van der Waals surface area contributed by atoms with Crippen LogP contribution in [0.5, 0.6) is 0 Å². The number of halogens is 1. The van der Waals surface area contributed by atoms with Gasteiger partial charge >= 0.3 is 0 Å². The monoisotopic (exact) mass is 459 g/mol. The second kappa shape index (κ2) is 8.62. The predicted molar refractivity (Wildman–Crippen MR) is 124 cm³/mol. The molecule has 1 saturated heterocycles. The predicted octanol–water partition coefficient (Wildman–Crippen LogP) is 5.18. The maximum Gasteiger partial charge on any atom is 0.266 e. The highest BCUT2D eigenvalue weighted by Crippen LogP contribution is 2.33. The van der Waals surface area contributed by atoms with Crippen molar-refractivity contribution in [1.29, 1.82) is 0 Å². The van der Waals surface area contributed by atoms with Crippen LogP contribution < -0.4 is 5.32 Å². The van der Waals surface area contributed by atoms with E-state index in [1.165, 1.54) is 28.0 Å². The van der Waals surface area contributed by atoms with Gasteiger partial charge in [-0.2, -0.15) is 0 Å². The highest BCUT2D eigenvalue weighted by molar-refractivity contribution is 8.26. The molecule has 0 aliphatic carbocycles. The van der Waals surface area contributed by atoms with E-state index in [9.17, 15) is 9.59 Å². The van der Waals surface area contributed by atoms with Crippen LogP contribution in [-0.2, 0) is 9.59 Å². The van der Waals surface area contributed by atoms with E-state index < -0.39 is 0 Å². The van der Waals surface area contributed by atoms with Crippen LogP contribution in [0.4, 0.5) is 5.13 Å². The molecule has 0 saturated carbocycles. The fraction of sp³-hybridized carbons (Fsp3) is 0.100. The summed E-state index contributed by atoms with van der Waals surface area (Å²) in [5.74, 6) is -0.400. The van der Waals surface area contributed by atoms with Gasteiger partial charge in [-0.05, 0) is 29.8 Å². The third-order valence-electron chi connectivity index (χ3n) is 4.13. The minimum absolute atomic E-state index is 0.127. The molecule has 146 valence electrons. The molecule has 0 atom stereocenters. The zero-order chi connectivity index (χ0) is 20.4. The highest BCUT2D eigenvalue weighted by atomic mass is 35.5. The van der Waals surface area contributed by atoms with Gasteiger partial charge in [0.15, 0.2) is 5.13 Å². The van der Waals surface area contributed by atoms with Crippen molar-refractivity contribution >= 4 is 84.5 Å². The molecule has 0 bridgehead atoms. The van der Waals surface area contributed by atoms with Crippen LogP contribution in [0.1, 0.15) is 12.0 Å². The lowest BCUT2D eigenvalue weighted by atomic mass is 10.2. The second-order valence-electron chi connectivity index (χ2n) is 6.17. The summed E-state index contributed by atoms with van der Waals surface area (Å²) in [6.07, 6.45) is 1.94. The van der Waals surface area contributed by atoms with E-state index in [2.05, 4.69) is 10.3 Å². The Bertz CT molecular complexity index is 1140. The Morgan fingerprint density at radius 3 is 2.83 bits per heavy atom. The van der Waals surface area contributed by atoms with Gasteiger partial charge in [-0.3, -0.25) is 14.5 Å². The van der Waals surface area contributed by atoms with Crippen LogP contribution in [0.3, 0.4) is 0 Å². The largest absolute Gasteiger partial charge is 0.302 e. The molecule has 0 radical (unpaired) electrons. The van der Waals surface area contributed by atoms with Crippen molar-refractivity contribution in [2.75, 3.05) is 11.9 Å². The molecule has 4 rings (SSSR count). The van der Waals surface area contributed by atoms with Crippen LogP contribution in [0.15, 0.2) is 53.4 Å². The summed E-state index contributed by atoms with van der Waals surface area (Å²) >= 11 is 13.9. The summed E-state index contributed by atoms with van der Waals surface area (Å²) in [6.45, 7) is 0.222. The number of aromatic nitrogens is 1. The van der Waals surface area contributed by atoms with Crippen LogP contribution >= 0.6 is 46.9 Å². The lowest BCUT2D eigenvalue weighted by molar-refractivity contribution is -0.122. The number of carbonyl (C=O) groups is 2. The van der Waals surface area contributed by atoms with Gasteiger partial charge in [0.2, 0.25) is 5.91 Å². The van der Waals surface area contributed by atoms with E-state index in [0.29, 0.717) is 19.4 Å². The second-order valence-corrected chi connectivity index (χ2v) is 9.32. The molecule has 3 aromatic rings. The Labute approximate surface area is 185 Å². The van der Waals surface area contributed by atoms with Crippen molar-refractivity contribution in [3.8, 4) is 0 Å². The van der Waals surface area contributed by atoms with Gasteiger partial charge < -0.3 is 5.32 Å². The lowest BCUT2D eigenvalue weighted by Crippen LogP contribution is -2.31. The number of amides is 2. The molecule has 0 spiro atoms. The molecule has 5 nitrogen and oxygen atoms in total. The molecular weight excluding hydrogens is 446 g/mol. The van der Waals surface area contributed by atoms with Crippen LogP contribution in [-0.4, -0.2) is 32.6 Å². The zero-order valence-corrected chi connectivity index (χ0v) is 18.1. The summed E-state index contributed by atoms with van der Waals surface area (Å²) in [7, 11) is 0. The molecule has 2 aromatic carbocycles. The van der Waals surface area contributed by atoms with Gasteiger partial charge in [0, 0.05) is 18.0 Å². The first kappa shape index (κ1) is 20.0. The number of anilines is 1. The topological polar surface area (TPSA) is 62.3 Å². The van der Waals surface area contributed by atoms with E-state index in [1.54, 1.807) is 6.07 Å². The number of rotatable bonds is 5. The van der Waals surface area contributed by atoms with Gasteiger partial charge in [0.1, 0.15) is 4.32 Å². The molecule has 29 heavy (non-hydrogen) atoms. The fourth-order valence-corrected chi connectivity index (χ4v) is 5.21. The molecule has 1 aliphatic heterocycles. The normalized spacial score (nSPS) is 15.5. The minimum Gasteiger partial charge on any atom is -0.302 e. The van der Waals surface area contributed by atoms with Crippen LogP contribution in [0, 0.1) is 0 Å². The molecule has 1 N–H and O–H groups in total. The van der Waals surface area contributed by atoms with Gasteiger partial charge in [-0.15, -0.1) is 0 Å². The number of hydrogen-bond donors (Lipinski definition) is 1. The minimum atomic E-state index is -0.226. The molecular formula is C20H14ClN3O2S3. The number of hydrogen-bond acceptors (Lipinski definition) is 6. The standard InChI is InChI=1S/C20H14ClN3O2S3/c21-13-6-7-14-15(11-13)28-19(22-14)23-17(25)8-9-24-18(26)16(29-20(24)27)10-12-4-2-1-3-5-12/h1-7,10-11H,8-9H2,(H,22,23,25)/b16-10-. The van der Waals surface area contributed by atoms with Gasteiger partial charge in [0.25, 0.3) is 5.91 Å². The Hall–Kier alpha value is -2.26. The molecule has 2 heterocycles. The molecule has 1 fully saturated rings. The van der Waals surface area contributed by atoms with Gasteiger partial charge in [-0.1, -0.05) is 77.2 Å². The highest BCUT2D eigenvalue weighted by Gasteiger charge is 2.32. The van der Waals surface area contributed by atoms with Crippen molar-refractivity contribution in [2.45, 2.75) is 6.42 Å². The van der Waals surface area contributed by atoms with E-state index in [0.717, 1.165) is 15.8 Å². The van der Waals surface area contributed by atoms with Crippen LogP contribution in [0.25, 0.3) is 16.3 Å². The van der Waals surface area contributed by atoms with Gasteiger partial charge in [-0.25, -0.2) is 4.98 Å². The first-order valence-corrected chi connectivity index (χ1v) is 11.1. The van der Waals surface area contributed by atoms with Crippen LogP contribution in [0.2, 0.25) is 5.02 Å². The van der Waals surface area contributed by atoms with E-state index in [-0.39, 0.29) is 24.8 Å². The molecule has 1 aromatic heterocycles. The maximum absolute atomic E-state index is 12.6. The number of nitrogens with zero attached hydrogens (tertiary/aromatic N) is 2. The Morgan fingerprint density at radius 1 is 1.24 bits per heavy atom. The summed E-state index contributed by atoms with van der Waals surface area (Å²) in [6, 6.07) is 15.0. The maximum atomic E-state index is 12.6. The Kier molecular flexibility index (Phi) is 5.96. The first-order chi connectivity index (χ1) is 14.0. The number of nitrogens with one attached hydrogen (secondary N) is 1. The van der Waals surface area contributed by atoms with Crippen molar-refractivity contribution in [1.82, 2.24) is 9.88 Å². The summed E-state index contributed by atoms with van der Waals surface area (Å²) in [4.78, 5) is 31.4. The number of thioether (sulfide) groups is 1. The van der Waals surface area contributed by atoms with Crippen molar-refractivity contribution in [3.63, 3.8) is 0 Å². The van der Waals surface area contributed by atoms with Crippen molar-refractivity contribution in [2.24, 2.45) is 0 Å². The summed E-state index contributed by atoms with van der Waals surface area (Å²) < 4.78 is 1.36. The Balaban J connectivity index is 1.37. The van der Waals surface area contributed by atoms with E-state index in [1.807, 2.05) is 48.5 Å². The summed E-state index contributed by atoms with van der Waals surface area (Å²) in [5, 5.41) is 3.90. The van der Waals surface area contributed by atoms with Crippen molar-refractivity contribution < 1.29 is 9.59 Å². The third kappa shape index (κ3) is 4.67. The number of fused-ring (bicyclic) bond motifs is 1. The average molecular weight is 460 g/mol. The molecule has 2 amide bonds. The average Bonchev–Trinajstić information content (AvgIpc) is 3.20. The first-order valence-electron chi connectivity index (χ1n) is 8.66. The quantitative estimate of drug-likeness (QED) is 0.420. The smallest absolute Gasteiger partial charge is 0.266 e. The van der Waals surface area contributed by atoms with Gasteiger partial charge in [0.05, 0.1) is 15.1 Å². The lowest BCUT2D eigenvalue weighted by Gasteiger charge is -2.13. The summed E-state index contributed by atoms with van der Waals surface area (Å²) in [5.41, 5.74) is 1.71. The van der Waals surface area contributed by atoms with E-state index in [4.69, 9.17) is 23.8 Å². The molecule has 0 unspecified atom stereocenters. The third-order valence-corrected chi connectivity index (χ3v) is 6.68. The molecule has 1 aliphatic rings. The molecule has 9 heteroatoms. The fourth-order valence-electron chi connectivity index (χ4n) is 2.74. The Morgan fingerprint density at radius 2 is 2.03 bits per heavy atom. The zero-order valence-electron chi connectivity index (χ0n) is 14.9. The SMILES string of the molecule is O=C(CCN1C(=O)/C(=C/c2ccccc2)SC1=S)Nc1nc2ccc(Cl)cc2s1. The van der Waals surface area contributed by atoms with Crippen molar-refractivity contribution in [3.05, 3.63) is 64.0 Å².